The van der Waals surface area contributed by atoms with Crippen LogP contribution < -0.4 is 5.32 Å². The molecule has 1 amide bonds. The molecule has 5 nitrogen and oxygen atoms in total. The monoisotopic (exact) mass is 370 g/mol. The Morgan fingerprint density at radius 1 is 1.24 bits per heavy atom. The normalized spacial score (nSPS) is 12.4. The second-order valence-electron chi connectivity index (χ2n) is 5.43. The molecule has 0 bridgehead atoms. The van der Waals surface area contributed by atoms with Gasteiger partial charge in [-0.3, -0.25) is 4.79 Å². The molecule has 2 N–H and O–H groups in total. The summed E-state index contributed by atoms with van der Waals surface area (Å²) in [5, 5.41) is 17.3. The Morgan fingerprint density at radius 2 is 2.12 bits per heavy atom. The maximum absolute atomic E-state index is 12.2. The molecule has 0 aliphatic rings. The zero-order valence-corrected chi connectivity index (χ0v) is 14.6. The van der Waals surface area contributed by atoms with E-state index in [0.717, 1.165) is 15.8 Å². The Hall–Kier alpha value is -2.48. The van der Waals surface area contributed by atoms with Gasteiger partial charge in [0, 0.05) is 10.9 Å². The first-order valence-corrected chi connectivity index (χ1v) is 9.41. The minimum absolute atomic E-state index is 0.0609. The van der Waals surface area contributed by atoms with E-state index in [4.69, 9.17) is 4.42 Å². The van der Waals surface area contributed by atoms with Crippen LogP contribution in [0.5, 0.6) is 0 Å². The van der Waals surface area contributed by atoms with Gasteiger partial charge in [-0.2, -0.15) is 11.3 Å². The van der Waals surface area contributed by atoms with Crippen molar-refractivity contribution in [1.29, 1.82) is 0 Å². The Balaban J connectivity index is 1.41. The highest BCUT2D eigenvalue weighted by molar-refractivity contribution is 7.20. The summed E-state index contributed by atoms with van der Waals surface area (Å²) < 4.78 is 6.63. The summed E-state index contributed by atoms with van der Waals surface area (Å²) in [6, 6.07) is 13.1. The zero-order chi connectivity index (χ0) is 17.2. The molecule has 0 saturated heterocycles. The maximum Gasteiger partial charge on any atom is 0.280 e. The lowest BCUT2D eigenvalue weighted by Crippen LogP contribution is -2.28. The summed E-state index contributed by atoms with van der Waals surface area (Å²) in [7, 11) is 0. The van der Waals surface area contributed by atoms with E-state index in [2.05, 4.69) is 10.3 Å². The Kier molecular flexibility index (Phi) is 4.35. The standard InChI is InChI=1S/C18H14N2O3S2/c21-13(15-6-5-14(23-15)11-7-8-24-10-11)9-19-17(22)18-20-12-3-1-2-4-16(12)25-18/h1-8,10,13,21H,9H2,(H,19,22)/t13-/m1/s1. The second-order valence-corrected chi connectivity index (χ2v) is 7.24. The number of carbonyl (C=O) groups is 1. The average molecular weight is 370 g/mol. The van der Waals surface area contributed by atoms with Crippen LogP contribution >= 0.6 is 22.7 Å². The van der Waals surface area contributed by atoms with Crippen LogP contribution in [0.2, 0.25) is 0 Å². The number of hydrogen-bond acceptors (Lipinski definition) is 6. The van der Waals surface area contributed by atoms with Crippen molar-refractivity contribution in [2.75, 3.05) is 6.54 Å². The molecule has 0 spiro atoms. The van der Waals surface area contributed by atoms with E-state index >= 15 is 0 Å². The number of furan rings is 1. The number of benzene rings is 1. The van der Waals surface area contributed by atoms with Gasteiger partial charge in [-0.05, 0) is 35.7 Å². The van der Waals surface area contributed by atoms with Crippen molar-refractivity contribution in [1.82, 2.24) is 10.3 Å². The van der Waals surface area contributed by atoms with Crippen molar-refractivity contribution >= 4 is 38.8 Å². The largest absolute Gasteiger partial charge is 0.458 e. The molecule has 7 heteroatoms. The number of thiophene rings is 1. The lowest BCUT2D eigenvalue weighted by Gasteiger charge is -2.08. The summed E-state index contributed by atoms with van der Waals surface area (Å²) in [5.41, 5.74) is 1.77. The number of hydrogen-bond donors (Lipinski definition) is 2. The molecule has 4 rings (SSSR count). The third-order valence-corrected chi connectivity index (χ3v) is 5.42. The van der Waals surface area contributed by atoms with Gasteiger partial charge in [-0.1, -0.05) is 12.1 Å². The highest BCUT2D eigenvalue weighted by Crippen LogP contribution is 2.27. The molecule has 1 aromatic carbocycles. The Labute approximate surface area is 151 Å². The lowest BCUT2D eigenvalue weighted by molar-refractivity contribution is 0.0901. The zero-order valence-electron chi connectivity index (χ0n) is 13.0. The average Bonchev–Trinajstić information content (AvgIpc) is 3.38. The Bertz CT molecular complexity index is 971. The van der Waals surface area contributed by atoms with Crippen molar-refractivity contribution < 1.29 is 14.3 Å². The van der Waals surface area contributed by atoms with Gasteiger partial charge in [0.25, 0.3) is 5.91 Å². The SMILES string of the molecule is O=C(NC[C@@H](O)c1ccc(-c2ccsc2)o1)c1nc2ccccc2s1. The van der Waals surface area contributed by atoms with Gasteiger partial charge < -0.3 is 14.8 Å². The maximum atomic E-state index is 12.2. The predicted molar refractivity (Wildman–Crippen MR) is 98.9 cm³/mol. The van der Waals surface area contributed by atoms with Crippen molar-refractivity contribution in [3.8, 4) is 11.3 Å². The predicted octanol–water partition coefficient (Wildman–Crippen LogP) is 4.08. The van der Waals surface area contributed by atoms with Crippen LogP contribution in [0.4, 0.5) is 0 Å². The highest BCUT2D eigenvalue weighted by Gasteiger charge is 2.17. The van der Waals surface area contributed by atoms with Gasteiger partial charge in [0.15, 0.2) is 5.01 Å². The van der Waals surface area contributed by atoms with Gasteiger partial charge in [0.2, 0.25) is 0 Å². The number of para-hydroxylation sites is 1. The molecule has 0 unspecified atom stereocenters. The highest BCUT2D eigenvalue weighted by atomic mass is 32.1. The molecule has 1 atom stereocenters. The summed E-state index contributed by atoms with van der Waals surface area (Å²) in [5.74, 6) is 0.823. The lowest BCUT2D eigenvalue weighted by atomic mass is 10.2. The molecule has 0 radical (unpaired) electrons. The van der Waals surface area contributed by atoms with E-state index in [0.29, 0.717) is 16.5 Å². The minimum atomic E-state index is -0.911. The molecule has 0 saturated carbocycles. The number of amides is 1. The van der Waals surface area contributed by atoms with Crippen LogP contribution in [-0.2, 0) is 0 Å². The first-order chi connectivity index (χ1) is 12.2. The van der Waals surface area contributed by atoms with Gasteiger partial charge in [0.1, 0.15) is 17.6 Å². The molecular formula is C18H14N2O3S2. The number of nitrogens with zero attached hydrogens (tertiary/aromatic N) is 1. The smallest absolute Gasteiger partial charge is 0.280 e. The van der Waals surface area contributed by atoms with Crippen LogP contribution in [0.25, 0.3) is 21.5 Å². The van der Waals surface area contributed by atoms with Crippen LogP contribution in [0.15, 0.2) is 57.6 Å². The number of nitrogens with one attached hydrogen (secondary N) is 1. The Morgan fingerprint density at radius 3 is 2.92 bits per heavy atom. The van der Waals surface area contributed by atoms with Crippen LogP contribution in [0, 0.1) is 0 Å². The molecule has 0 aliphatic carbocycles. The molecular weight excluding hydrogens is 356 g/mol. The number of aromatic nitrogens is 1. The van der Waals surface area contributed by atoms with E-state index in [-0.39, 0.29) is 12.5 Å². The number of thiazole rings is 1. The van der Waals surface area contributed by atoms with Gasteiger partial charge in [0.05, 0.1) is 16.8 Å². The van der Waals surface area contributed by atoms with E-state index < -0.39 is 6.10 Å². The van der Waals surface area contributed by atoms with E-state index in [1.165, 1.54) is 11.3 Å². The van der Waals surface area contributed by atoms with Crippen LogP contribution in [0.3, 0.4) is 0 Å². The van der Waals surface area contributed by atoms with E-state index in [9.17, 15) is 9.90 Å². The van der Waals surface area contributed by atoms with Crippen molar-refractivity contribution in [3.05, 3.63) is 64.0 Å². The topological polar surface area (TPSA) is 75.4 Å². The van der Waals surface area contributed by atoms with E-state index in [1.807, 2.05) is 47.2 Å². The summed E-state index contributed by atoms with van der Waals surface area (Å²) in [6.45, 7) is 0.0609. The first-order valence-electron chi connectivity index (χ1n) is 7.65. The summed E-state index contributed by atoms with van der Waals surface area (Å²) in [6.07, 6.45) is -0.911. The van der Waals surface area contributed by atoms with Crippen molar-refractivity contribution in [2.45, 2.75) is 6.10 Å². The molecule has 126 valence electrons. The van der Waals surface area contributed by atoms with E-state index in [1.54, 1.807) is 17.4 Å². The molecule has 3 aromatic heterocycles. The van der Waals surface area contributed by atoms with Crippen molar-refractivity contribution in [3.63, 3.8) is 0 Å². The van der Waals surface area contributed by atoms with Crippen LogP contribution in [0.1, 0.15) is 21.7 Å². The number of rotatable bonds is 5. The number of fused-ring (bicyclic) bond motifs is 1. The minimum Gasteiger partial charge on any atom is -0.458 e. The first kappa shape index (κ1) is 16.0. The van der Waals surface area contributed by atoms with Crippen molar-refractivity contribution in [2.24, 2.45) is 0 Å². The number of aliphatic hydroxyl groups is 1. The molecule has 25 heavy (non-hydrogen) atoms. The quantitative estimate of drug-likeness (QED) is 0.555. The molecule has 0 fully saturated rings. The number of aliphatic hydroxyl groups excluding tert-OH is 1. The summed E-state index contributed by atoms with van der Waals surface area (Å²) in [4.78, 5) is 16.5. The molecule has 3 heterocycles. The third-order valence-electron chi connectivity index (χ3n) is 3.70. The third kappa shape index (κ3) is 3.34. The summed E-state index contributed by atoms with van der Waals surface area (Å²) >= 11 is 2.91. The number of carbonyl (C=O) groups excluding carboxylic acids is 1. The van der Waals surface area contributed by atoms with Gasteiger partial charge in [-0.25, -0.2) is 4.98 Å². The second kappa shape index (κ2) is 6.79. The van der Waals surface area contributed by atoms with Gasteiger partial charge in [-0.15, -0.1) is 11.3 Å². The fourth-order valence-corrected chi connectivity index (χ4v) is 3.95. The van der Waals surface area contributed by atoms with Crippen LogP contribution in [-0.4, -0.2) is 22.5 Å². The van der Waals surface area contributed by atoms with Gasteiger partial charge >= 0.3 is 0 Å². The molecule has 4 aromatic rings. The fraction of sp³-hybridized carbons (Fsp3) is 0.111. The molecule has 0 aliphatic heterocycles. The fourth-order valence-electron chi connectivity index (χ4n) is 2.43.